The standard InChI is InChI=1S/C23H27NO6/c1-23(2,3)30-22(27)24-14-19(13-20(24)21(25)26)29-18-11-7-10-17(12-18)28-15-16-8-5-4-6-9-16/h4-12,19-20H,13-15H2,1-3H3,(H,25,26)/t19-,20-/m0/s1. The van der Waals surface area contributed by atoms with Crippen LogP contribution < -0.4 is 9.47 Å². The van der Waals surface area contributed by atoms with Gasteiger partial charge in [-0.25, -0.2) is 9.59 Å². The van der Waals surface area contributed by atoms with Crippen molar-refractivity contribution in [3.05, 3.63) is 60.2 Å². The van der Waals surface area contributed by atoms with E-state index in [1.165, 1.54) is 4.90 Å². The molecule has 0 unspecified atom stereocenters. The summed E-state index contributed by atoms with van der Waals surface area (Å²) >= 11 is 0. The first-order valence-corrected chi connectivity index (χ1v) is 9.87. The third-order valence-corrected chi connectivity index (χ3v) is 4.53. The molecule has 0 radical (unpaired) electrons. The molecule has 0 aliphatic carbocycles. The van der Waals surface area contributed by atoms with Gasteiger partial charge in [-0.05, 0) is 38.5 Å². The van der Waals surface area contributed by atoms with Crippen molar-refractivity contribution in [2.24, 2.45) is 0 Å². The lowest BCUT2D eigenvalue weighted by Gasteiger charge is -2.26. The molecule has 1 heterocycles. The number of aliphatic carboxylic acids is 1. The fourth-order valence-corrected chi connectivity index (χ4v) is 3.21. The number of likely N-dealkylation sites (tertiary alicyclic amines) is 1. The SMILES string of the molecule is CC(C)(C)OC(=O)N1C[C@@H](Oc2cccc(OCc3ccccc3)c2)C[C@H]1C(=O)O. The van der Waals surface area contributed by atoms with E-state index < -0.39 is 29.8 Å². The summed E-state index contributed by atoms with van der Waals surface area (Å²) in [5.41, 5.74) is 0.348. The van der Waals surface area contributed by atoms with Gasteiger partial charge >= 0.3 is 12.1 Å². The number of carbonyl (C=O) groups is 2. The van der Waals surface area contributed by atoms with Crippen LogP contribution in [0.3, 0.4) is 0 Å². The van der Waals surface area contributed by atoms with Crippen LogP contribution in [0, 0.1) is 0 Å². The van der Waals surface area contributed by atoms with Gasteiger partial charge in [0.25, 0.3) is 0 Å². The summed E-state index contributed by atoms with van der Waals surface area (Å²) in [5, 5.41) is 9.51. The van der Waals surface area contributed by atoms with E-state index in [1.54, 1.807) is 32.9 Å². The van der Waals surface area contributed by atoms with Crippen molar-refractivity contribution >= 4 is 12.1 Å². The van der Waals surface area contributed by atoms with Gasteiger partial charge in [0.15, 0.2) is 0 Å². The van der Waals surface area contributed by atoms with Crippen molar-refractivity contribution in [3.8, 4) is 11.5 Å². The predicted octanol–water partition coefficient (Wildman–Crippen LogP) is 4.11. The van der Waals surface area contributed by atoms with E-state index in [0.29, 0.717) is 18.1 Å². The molecule has 0 saturated carbocycles. The summed E-state index contributed by atoms with van der Waals surface area (Å²) in [7, 11) is 0. The molecule has 7 heteroatoms. The first kappa shape index (κ1) is 21.5. The fourth-order valence-electron chi connectivity index (χ4n) is 3.21. The second-order valence-corrected chi connectivity index (χ2v) is 8.21. The molecule has 1 aliphatic rings. The Labute approximate surface area is 176 Å². The van der Waals surface area contributed by atoms with Crippen LogP contribution in [0.25, 0.3) is 0 Å². The minimum atomic E-state index is -1.08. The van der Waals surface area contributed by atoms with Crippen LogP contribution in [-0.4, -0.2) is 46.4 Å². The number of rotatable bonds is 6. The third kappa shape index (κ3) is 5.89. The lowest BCUT2D eigenvalue weighted by molar-refractivity contribution is -0.142. The second-order valence-electron chi connectivity index (χ2n) is 8.21. The predicted molar refractivity (Wildman–Crippen MR) is 111 cm³/mol. The molecular weight excluding hydrogens is 386 g/mol. The minimum absolute atomic E-state index is 0.140. The van der Waals surface area contributed by atoms with Crippen LogP contribution in [0.15, 0.2) is 54.6 Å². The molecule has 0 aromatic heterocycles. The Morgan fingerprint density at radius 1 is 1.07 bits per heavy atom. The van der Waals surface area contributed by atoms with Crippen LogP contribution in [0.5, 0.6) is 11.5 Å². The summed E-state index contributed by atoms with van der Waals surface area (Å²) in [4.78, 5) is 25.3. The topological polar surface area (TPSA) is 85.3 Å². The Bertz CT molecular complexity index is 877. The number of benzene rings is 2. The van der Waals surface area contributed by atoms with Crippen LogP contribution in [0.4, 0.5) is 4.79 Å². The highest BCUT2D eigenvalue weighted by Crippen LogP contribution is 2.27. The maximum Gasteiger partial charge on any atom is 0.411 e. The number of ether oxygens (including phenoxy) is 3. The van der Waals surface area contributed by atoms with Gasteiger partial charge in [-0.2, -0.15) is 0 Å². The van der Waals surface area contributed by atoms with Crippen LogP contribution >= 0.6 is 0 Å². The van der Waals surface area contributed by atoms with Crippen molar-refractivity contribution in [3.63, 3.8) is 0 Å². The molecule has 2 aromatic rings. The summed E-state index contributed by atoms with van der Waals surface area (Å²) < 4.78 is 17.1. The molecule has 0 spiro atoms. The molecule has 2 aromatic carbocycles. The quantitative estimate of drug-likeness (QED) is 0.767. The van der Waals surface area contributed by atoms with E-state index in [2.05, 4.69) is 0 Å². The molecule has 3 rings (SSSR count). The maximum atomic E-state index is 12.4. The second kappa shape index (κ2) is 9.07. The summed E-state index contributed by atoms with van der Waals surface area (Å²) in [6, 6.07) is 16.0. The number of nitrogens with zero attached hydrogens (tertiary/aromatic N) is 1. The van der Waals surface area contributed by atoms with Gasteiger partial charge in [0.05, 0.1) is 6.54 Å². The van der Waals surface area contributed by atoms with Gasteiger partial charge in [0, 0.05) is 12.5 Å². The zero-order chi connectivity index (χ0) is 21.7. The van der Waals surface area contributed by atoms with E-state index >= 15 is 0 Å². The number of hydrogen-bond donors (Lipinski definition) is 1. The largest absolute Gasteiger partial charge is 0.489 e. The zero-order valence-corrected chi connectivity index (χ0v) is 17.4. The first-order chi connectivity index (χ1) is 14.2. The molecule has 1 fully saturated rings. The van der Waals surface area contributed by atoms with Gasteiger partial charge in [-0.3, -0.25) is 4.90 Å². The Morgan fingerprint density at radius 3 is 2.43 bits per heavy atom. The van der Waals surface area contributed by atoms with Gasteiger partial charge in [0.1, 0.15) is 35.9 Å². The molecule has 30 heavy (non-hydrogen) atoms. The average Bonchev–Trinajstić information content (AvgIpc) is 3.11. The molecule has 1 aliphatic heterocycles. The van der Waals surface area contributed by atoms with Crippen LogP contribution in [0.1, 0.15) is 32.8 Å². The lowest BCUT2D eigenvalue weighted by Crippen LogP contribution is -2.43. The monoisotopic (exact) mass is 413 g/mol. The Morgan fingerprint density at radius 2 is 1.77 bits per heavy atom. The van der Waals surface area contributed by atoms with Gasteiger partial charge in [0.2, 0.25) is 0 Å². The molecule has 7 nitrogen and oxygen atoms in total. The Kier molecular flexibility index (Phi) is 6.50. The normalized spacial score (nSPS) is 18.7. The maximum absolute atomic E-state index is 12.4. The Hall–Kier alpha value is -3.22. The Balaban J connectivity index is 1.63. The third-order valence-electron chi connectivity index (χ3n) is 4.53. The van der Waals surface area contributed by atoms with Crippen molar-refractivity contribution in [1.82, 2.24) is 4.90 Å². The average molecular weight is 413 g/mol. The van der Waals surface area contributed by atoms with Crippen LogP contribution in [0.2, 0.25) is 0 Å². The van der Waals surface area contributed by atoms with Crippen molar-refractivity contribution in [2.45, 2.75) is 51.5 Å². The van der Waals surface area contributed by atoms with Crippen molar-refractivity contribution in [2.75, 3.05) is 6.54 Å². The summed E-state index contributed by atoms with van der Waals surface area (Å²) in [6.45, 7) is 5.80. The number of carboxylic acid groups (broad SMARTS) is 1. The number of amides is 1. The van der Waals surface area contributed by atoms with Crippen molar-refractivity contribution < 1.29 is 28.9 Å². The van der Waals surface area contributed by atoms with Crippen molar-refractivity contribution in [1.29, 1.82) is 0 Å². The highest BCUT2D eigenvalue weighted by Gasteiger charge is 2.42. The highest BCUT2D eigenvalue weighted by atomic mass is 16.6. The zero-order valence-electron chi connectivity index (χ0n) is 17.4. The summed E-state index contributed by atoms with van der Waals surface area (Å²) in [6.07, 6.45) is -0.923. The minimum Gasteiger partial charge on any atom is -0.489 e. The smallest absolute Gasteiger partial charge is 0.411 e. The van der Waals surface area contributed by atoms with E-state index in [0.717, 1.165) is 5.56 Å². The fraction of sp³-hybridized carbons (Fsp3) is 0.391. The number of hydrogen-bond acceptors (Lipinski definition) is 5. The number of carboxylic acids is 1. The molecule has 0 bridgehead atoms. The molecule has 160 valence electrons. The summed E-state index contributed by atoms with van der Waals surface area (Å²) in [5.74, 6) is 0.126. The highest BCUT2D eigenvalue weighted by molar-refractivity contribution is 5.81. The molecule has 1 saturated heterocycles. The van der Waals surface area contributed by atoms with Gasteiger partial charge < -0.3 is 19.3 Å². The first-order valence-electron chi connectivity index (χ1n) is 9.87. The number of carbonyl (C=O) groups excluding carboxylic acids is 1. The van der Waals surface area contributed by atoms with E-state index in [1.807, 2.05) is 42.5 Å². The molecular formula is C23H27NO6. The molecule has 2 atom stereocenters. The van der Waals surface area contributed by atoms with Gasteiger partial charge in [-0.15, -0.1) is 0 Å². The molecule has 1 N–H and O–H groups in total. The lowest BCUT2D eigenvalue weighted by atomic mass is 10.2. The van der Waals surface area contributed by atoms with E-state index in [-0.39, 0.29) is 13.0 Å². The van der Waals surface area contributed by atoms with E-state index in [9.17, 15) is 14.7 Å². The van der Waals surface area contributed by atoms with E-state index in [4.69, 9.17) is 14.2 Å². The molecule has 1 amide bonds. The van der Waals surface area contributed by atoms with Crippen LogP contribution in [-0.2, 0) is 16.1 Å². The van der Waals surface area contributed by atoms with Gasteiger partial charge in [-0.1, -0.05) is 36.4 Å².